The number of nitrogens with one attached hydrogen (secondary N) is 1. The summed E-state index contributed by atoms with van der Waals surface area (Å²) in [6.45, 7) is 1.01. The average molecular weight is 245 g/mol. The maximum atomic E-state index is 9.21. The third-order valence-corrected chi connectivity index (χ3v) is 3.14. The summed E-state index contributed by atoms with van der Waals surface area (Å²) in [4.78, 5) is 4.41. The van der Waals surface area contributed by atoms with Crippen molar-refractivity contribution in [1.82, 2.24) is 15.5 Å². The summed E-state index contributed by atoms with van der Waals surface area (Å²) in [5.41, 5.74) is 1.06. The van der Waals surface area contributed by atoms with Gasteiger partial charge in [-0.15, -0.1) is 0 Å². The minimum absolute atomic E-state index is 0.214. The number of aromatic nitrogens is 2. The fourth-order valence-corrected chi connectivity index (χ4v) is 2.17. The molecule has 1 aromatic carbocycles. The Hall–Kier alpha value is -1.88. The van der Waals surface area contributed by atoms with Crippen molar-refractivity contribution in [3.63, 3.8) is 0 Å². The molecule has 3 rings (SSSR count). The van der Waals surface area contributed by atoms with E-state index in [1.165, 1.54) is 0 Å². The first-order valence-electron chi connectivity index (χ1n) is 6.15. The van der Waals surface area contributed by atoms with Gasteiger partial charge in [0.05, 0.1) is 6.04 Å². The van der Waals surface area contributed by atoms with Crippen LogP contribution in [0, 0.1) is 0 Å². The summed E-state index contributed by atoms with van der Waals surface area (Å²) in [7, 11) is 0. The monoisotopic (exact) mass is 245 g/mol. The Morgan fingerprint density at radius 2 is 2.17 bits per heavy atom. The lowest BCUT2D eigenvalue weighted by Crippen LogP contribution is -2.13. The molecule has 0 saturated carbocycles. The number of nitrogens with zero attached hydrogens (tertiary/aromatic N) is 2. The molecule has 1 aliphatic rings. The molecule has 1 saturated heterocycles. The van der Waals surface area contributed by atoms with Crippen LogP contribution in [0.15, 0.2) is 28.8 Å². The van der Waals surface area contributed by atoms with Crippen molar-refractivity contribution in [2.45, 2.75) is 25.3 Å². The summed E-state index contributed by atoms with van der Waals surface area (Å²) < 4.78 is 5.27. The summed E-state index contributed by atoms with van der Waals surface area (Å²) >= 11 is 0. The van der Waals surface area contributed by atoms with Crippen LogP contribution < -0.4 is 5.32 Å². The van der Waals surface area contributed by atoms with Crippen molar-refractivity contribution in [2.24, 2.45) is 0 Å². The first kappa shape index (κ1) is 11.2. The molecule has 5 nitrogen and oxygen atoms in total. The van der Waals surface area contributed by atoms with Crippen LogP contribution >= 0.6 is 0 Å². The highest BCUT2D eigenvalue weighted by atomic mass is 16.5. The van der Waals surface area contributed by atoms with E-state index in [9.17, 15) is 5.11 Å². The highest BCUT2D eigenvalue weighted by molar-refractivity contribution is 5.27. The Kier molecular flexibility index (Phi) is 2.98. The molecule has 1 aliphatic heterocycles. The Bertz CT molecular complexity index is 515. The lowest BCUT2D eigenvalue weighted by Gasteiger charge is -2.01. The Labute approximate surface area is 105 Å². The zero-order valence-electron chi connectivity index (χ0n) is 9.97. The standard InChI is InChI=1S/C13H15N3O2/c17-10-5-3-9(4-6-10)8-12-15-13(18-16-12)11-2-1-7-14-11/h3-6,11,14,17H,1-2,7-8H2/t11-/m1/s1. The lowest BCUT2D eigenvalue weighted by molar-refractivity contribution is 0.341. The van der Waals surface area contributed by atoms with Crippen molar-refractivity contribution in [3.05, 3.63) is 41.5 Å². The topological polar surface area (TPSA) is 71.2 Å². The number of phenols is 1. The van der Waals surface area contributed by atoms with Gasteiger partial charge in [0.15, 0.2) is 5.82 Å². The molecule has 1 fully saturated rings. The molecule has 2 aromatic rings. The second-order valence-electron chi connectivity index (χ2n) is 4.54. The third-order valence-electron chi connectivity index (χ3n) is 3.14. The molecule has 0 spiro atoms. The van der Waals surface area contributed by atoms with E-state index in [0.29, 0.717) is 18.1 Å². The maximum absolute atomic E-state index is 9.21. The van der Waals surface area contributed by atoms with E-state index in [-0.39, 0.29) is 11.8 Å². The predicted octanol–water partition coefficient (Wildman–Crippen LogP) is 1.79. The second kappa shape index (κ2) is 4.78. The molecule has 0 aliphatic carbocycles. The van der Waals surface area contributed by atoms with E-state index < -0.39 is 0 Å². The van der Waals surface area contributed by atoms with Gasteiger partial charge in [-0.25, -0.2) is 0 Å². The van der Waals surface area contributed by atoms with E-state index >= 15 is 0 Å². The van der Waals surface area contributed by atoms with Gasteiger partial charge in [-0.05, 0) is 37.1 Å². The summed E-state index contributed by atoms with van der Waals surface area (Å²) in [5.74, 6) is 1.63. The van der Waals surface area contributed by atoms with Crippen LogP contribution in [0.5, 0.6) is 5.75 Å². The normalized spacial score (nSPS) is 19.2. The molecule has 0 radical (unpaired) electrons. The minimum Gasteiger partial charge on any atom is -0.508 e. The quantitative estimate of drug-likeness (QED) is 0.862. The van der Waals surface area contributed by atoms with E-state index in [2.05, 4.69) is 15.5 Å². The minimum atomic E-state index is 0.214. The predicted molar refractivity (Wildman–Crippen MR) is 65.2 cm³/mol. The first-order valence-corrected chi connectivity index (χ1v) is 6.15. The molecule has 5 heteroatoms. The number of aromatic hydroxyl groups is 1. The molecular weight excluding hydrogens is 230 g/mol. The summed E-state index contributed by atoms with van der Waals surface area (Å²) in [5, 5.41) is 16.5. The summed E-state index contributed by atoms with van der Waals surface area (Å²) in [6, 6.07) is 7.26. The molecular formula is C13H15N3O2. The lowest BCUT2D eigenvalue weighted by atomic mass is 10.1. The van der Waals surface area contributed by atoms with Crippen molar-refractivity contribution < 1.29 is 9.63 Å². The van der Waals surface area contributed by atoms with Crippen molar-refractivity contribution >= 4 is 0 Å². The molecule has 18 heavy (non-hydrogen) atoms. The van der Waals surface area contributed by atoms with Gasteiger partial charge in [-0.3, -0.25) is 0 Å². The van der Waals surface area contributed by atoms with Crippen LogP contribution in [0.3, 0.4) is 0 Å². The van der Waals surface area contributed by atoms with Crippen LogP contribution in [0.25, 0.3) is 0 Å². The van der Waals surface area contributed by atoms with E-state index in [4.69, 9.17) is 4.52 Å². The van der Waals surface area contributed by atoms with Crippen LogP contribution in [0.4, 0.5) is 0 Å². The Morgan fingerprint density at radius 3 is 2.89 bits per heavy atom. The smallest absolute Gasteiger partial charge is 0.243 e. The fourth-order valence-electron chi connectivity index (χ4n) is 2.17. The molecule has 2 N–H and O–H groups in total. The van der Waals surface area contributed by atoms with Crippen molar-refractivity contribution in [1.29, 1.82) is 0 Å². The molecule has 0 amide bonds. The summed E-state index contributed by atoms with van der Waals surface area (Å²) in [6.07, 6.45) is 2.83. The van der Waals surface area contributed by atoms with Crippen LogP contribution in [0.2, 0.25) is 0 Å². The van der Waals surface area contributed by atoms with Crippen LogP contribution in [-0.4, -0.2) is 21.8 Å². The zero-order chi connectivity index (χ0) is 12.4. The van der Waals surface area contributed by atoms with Gasteiger partial charge in [0.2, 0.25) is 5.89 Å². The second-order valence-corrected chi connectivity index (χ2v) is 4.54. The highest BCUT2D eigenvalue weighted by Gasteiger charge is 2.22. The number of rotatable bonds is 3. The molecule has 0 bridgehead atoms. The average Bonchev–Trinajstić information content (AvgIpc) is 3.02. The van der Waals surface area contributed by atoms with Gasteiger partial charge >= 0.3 is 0 Å². The van der Waals surface area contributed by atoms with E-state index in [1.807, 2.05) is 12.1 Å². The SMILES string of the molecule is Oc1ccc(Cc2noc([C@H]3CCCN3)n2)cc1. The highest BCUT2D eigenvalue weighted by Crippen LogP contribution is 2.21. The molecule has 94 valence electrons. The van der Waals surface area contributed by atoms with Gasteiger partial charge in [0.25, 0.3) is 0 Å². The van der Waals surface area contributed by atoms with Crippen molar-refractivity contribution in [2.75, 3.05) is 6.54 Å². The Morgan fingerprint density at radius 1 is 1.33 bits per heavy atom. The van der Waals surface area contributed by atoms with Gasteiger partial charge in [-0.1, -0.05) is 17.3 Å². The van der Waals surface area contributed by atoms with Crippen LogP contribution in [0.1, 0.15) is 36.2 Å². The number of benzene rings is 1. The molecule has 2 heterocycles. The number of hydrogen-bond acceptors (Lipinski definition) is 5. The van der Waals surface area contributed by atoms with Crippen LogP contribution in [-0.2, 0) is 6.42 Å². The number of hydrogen-bond donors (Lipinski definition) is 2. The first-order chi connectivity index (χ1) is 8.81. The van der Waals surface area contributed by atoms with E-state index in [1.54, 1.807) is 12.1 Å². The Balaban J connectivity index is 1.71. The maximum Gasteiger partial charge on any atom is 0.243 e. The van der Waals surface area contributed by atoms with Crippen molar-refractivity contribution in [3.8, 4) is 5.75 Å². The largest absolute Gasteiger partial charge is 0.508 e. The third kappa shape index (κ3) is 2.36. The zero-order valence-corrected chi connectivity index (χ0v) is 9.97. The molecule has 0 unspecified atom stereocenters. The van der Waals surface area contributed by atoms with Gasteiger partial charge in [0.1, 0.15) is 5.75 Å². The number of phenolic OH excluding ortho intramolecular Hbond substituents is 1. The molecule has 1 atom stereocenters. The van der Waals surface area contributed by atoms with Gasteiger partial charge < -0.3 is 14.9 Å². The molecule has 1 aromatic heterocycles. The fraction of sp³-hybridized carbons (Fsp3) is 0.385. The van der Waals surface area contributed by atoms with Gasteiger partial charge in [0, 0.05) is 6.42 Å². The van der Waals surface area contributed by atoms with Gasteiger partial charge in [-0.2, -0.15) is 4.98 Å². The van der Waals surface area contributed by atoms with E-state index in [0.717, 1.165) is 24.9 Å².